The summed E-state index contributed by atoms with van der Waals surface area (Å²) in [7, 11) is 0. The number of aryl methyl sites for hydroxylation is 1. The van der Waals surface area contributed by atoms with Gasteiger partial charge < -0.3 is 10.6 Å². The maximum absolute atomic E-state index is 12.3. The quantitative estimate of drug-likeness (QED) is 0.738. The van der Waals surface area contributed by atoms with Crippen LogP contribution in [0.3, 0.4) is 0 Å². The second-order valence-electron chi connectivity index (χ2n) is 5.25. The molecular weight excluding hydrogens is 324 g/mol. The predicted molar refractivity (Wildman–Crippen MR) is 95.9 cm³/mol. The van der Waals surface area contributed by atoms with Crippen LogP contribution in [0.4, 0.5) is 17.2 Å². The van der Waals surface area contributed by atoms with Crippen LogP contribution in [-0.4, -0.2) is 15.9 Å². The average Bonchev–Trinajstić information content (AvgIpc) is 2.55. The molecule has 1 amide bonds. The van der Waals surface area contributed by atoms with Gasteiger partial charge >= 0.3 is 0 Å². The normalized spacial score (nSPS) is 10.2. The summed E-state index contributed by atoms with van der Waals surface area (Å²) in [6.45, 7) is 2.01. The van der Waals surface area contributed by atoms with Gasteiger partial charge in [-0.15, -0.1) is 0 Å². The molecule has 0 aliphatic rings. The number of nitrogens with one attached hydrogen (secondary N) is 2. The topological polar surface area (TPSA) is 66.9 Å². The molecule has 0 saturated heterocycles. The molecule has 0 unspecified atom stereocenters. The molecule has 5 nitrogen and oxygen atoms in total. The summed E-state index contributed by atoms with van der Waals surface area (Å²) < 4.78 is 0. The summed E-state index contributed by atoms with van der Waals surface area (Å²) >= 11 is 5.92. The summed E-state index contributed by atoms with van der Waals surface area (Å²) in [5.41, 5.74) is 2.90. The monoisotopic (exact) mass is 338 g/mol. The van der Waals surface area contributed by atoms with Gasteiger partial charge in [-0.05, 0) is 42.8 Å². The molecule has 3 rings (SSSR count). The SMILES string of the molecule is Cc1cccc(Nc2cc(C(=O)Nc3cccc(Cl)c3)ncn2)c1. The first-order valence-corrected chi connectivity index (χ1v) is 7.70. The molecule has 2 aromatic carbocycles. The minimum absolute atomic E-state index is 0.264. The van der Waals surface area contributed by atoms with E-state index >= 15 is 0 Å². The molecule has 3 aromatic rings. The van der Waals surface area contributed by atoms with Crippen LogP contribution in [0.2, 0.25) is 5.02 Å². The molecule has 2 N–H and O–H groups in total. The van der Waals surface area contributed by atoms with Gasteiger partial charge in [-0.25, -0.2) is 9.97 Å². The van der Waals surface area contributed by atoms with E-state index in [1.54, 1.807) is 30.3 Å². The first-order chi connectivity index (χ1) is 11.6. The van der Waals surface area contributed by atoms with Crippen molar-refractivity contribution in [3.63, 3.8) is 0 Å². The maximum atomic E-state index is 12.3. The van der Waals surface area contributed by atoms with E-state index in [2.05, 4.69) is 20.6 Å². The Balaban J connectivity index is 1.76. The number of anilines is 3. The van der Waals surface area contributed by atoms with Gasteiger partial charge in [-0.2, -0.15) is 0 Å². The molecule has 0 aliphatic carbocycles. The zero-order valence-corrected chi connectivity index (χ0v) is 13.7. The highest BCUT2D eigenvalue weighted by molar-refractivity contribution is 6.30. The molecule has 6 heteroatoms. The van der Waals surface area contributed by atoms with E-state index in [9.17, 15) is 4.79 Å². The van der Waals surface area contributed by atoms with Crippen LogP contribution in [0.15, 0.2) is 60.9 Å². The third kappa shape index (κ3) is 4.08. The van der Waals surface area contributed by atoms with E-state index in [-0.39, 0.29) is 11.6 Å². The Morgan fingerprint density at radius 3 is 2.58 bits per heavy atom. The van der Waals surface area contributed by atoms with Gasteiger partial charge in [-0.1, -0.05) is 29.8 Å². The zero-order valence-electron chi connectivity index (χ0n) is 13.0. The Morgan fingerprint density at radius 1 is 1.00 bits per heavy atom. The molecule has 0 fully saturated rings. The van der Waals surface area contributed by atoms with E-state index < -0.39 is 0 Å². The zero-order chi connectivity index (χ0) is 16.9. The number of halogens is 1. The Bertz CT molecular complexity index is 882. The predicted octanol–water partition coefficient (Wildman–Crippen LogP) is 4.43. The van der Waals surface area contributed by atoms with Crippen molar-refractivity contribution < 1.29 is 4.79 Å². The van der Waals surface area contributed by atoms with Gasteiger partial charge in [0.25, 0.3) is 5.91 Å². The highest BCUT2D eigenvalue weighted by atomic mass is 35.5. The number of carbonyl (C=O) groups is 1. The lowest BCUT2D eigenvalue weighted by Gasteiger charge is -2.08. The minimum Gasteiger partial charge on any atom is -0.340 e. The standard InChI is InChI=1S/C18H15ClN4O/c1-12-4-2-6-14(8-12)22-17-10-16(20-11-21-17)18(24)23-15-7-3-5-13(19)9-15/h2-11H,1H3,(H,23,24)(H,20,21,22). The smallest absolute Gasteiger partial charge is 0.274 e. The number of hydrogen-bond acceptors (Lipinski definition) is 4. The van der Waals surface area contributed by atoms with Crippen molar-refractivity contribution >= 4 is 34.7 Å². The number of amides is 1. The Kier molecular flexibility index (Phi) is 4.72. The van der Waals surface area contributed by atoms with Gasteiger partial charge in [0.1, 0.15) is 17.8 Å². The molecule has 0 atom stereocenters. The minimum atomic E-state index is -0.327. The summed E-state index contributed by atoms with van der Waals surface area (Å²) in [4.78, 5) is 20.5. The Morgan fingerprint density at radius 2 is 1.79 bits per heavy atom. The molecule has 1 aromatic heterocycles. The van der Waals surface area contributed by atoms with Gasteiger partial charge in [0.05, 0.1) is 0 Å². The molecule has 0 radical (unpaired) electrons. The molecular formula is C18H15ClN4O. The van der Waals surface area contributed by atoms with Crippen molar-refractivity contribution in [3.8, 4) is 0 Å². The van der Waals surface area contributed by atoms with Crippen molar-refractivity contribution in [2.75, 3.05) is 10.6 Å². The van der Waals surface area contributed by atoms with Crippen LogP contribution in [-0.2, 0) is 0 Å². The fourth-order valence-corrected chi connectivity index (χ4v) is 2.37. The van der Waals surface area contributed by atoms with E-state index in [1.165, 1.54) is 6.33 Å². The van der Waals surface area contributed by atoms with E-state index in [4.69, 9.17) is 11.6 Å². The number of carbonyl (C=O) groups excluding carboxylic acids is 1. The number of aromatic nitrogens is 2. The van der Waals surface area contributed by atoms with Crippen molar-refractivity contribution in [3.05, 3.63) is 77.2 Å². The largest absolute Gasteiger partial charge is 0.340 e. The number of nitrogens with zero attached hydrogens (tertiary/aromatic N) is 2. The highest BCUT2D eigenvalue weighted by Gasteiger charge is 2.09. The fraction of sp³-hybridized carbons (Fsp3) is 0.0556. The van der Waals surface area contributed by atoms with E-state index in [0.717, 1.165) is 11.3 Å². The maximum Gasteiger partial charge on any atom is 0.274 e. The van der Waals surface area contributed by atoms with Crippen molar-refractivity contribution in [1.29, 1.82) is 0 Å². The molecule has 0 aliphatic heterocycles. The van der Waals surface area contributed by atoms with Crippen molar-refractivity contribution in [2.24, 2.45) is 0 Å². The van der Waals surface area contributed by atoms with Crippen LogP contribution >= 0.6 is 11.6 Å². The van der Waals surface area contributed by atoms with Crippen LogP contribution < -0.4 is 10.6 Å². The van der Waals surface area contributed by atoms with Crippen molar-refractivity contribution in [1.82, 2.24) is 9.97 Å². The van der Waals surface area contributed by atoms with Gasteiger partial charge in [0.15, 0.2) is 0 Å². The second kappa shape index (κ2) is 7.10. The van der Waals surface area contributed by atoms with Crippen LogP contribution in [0.1, 0.15) is 16.1 Å². The Labute approximate surface area is 144 Å². The van der Waals surface area contributed by atoms with E-state index in [1.807, 2.05) is 31.2 Å². The summed E-state index contributed by atoms with van der Waals surface area (Å²) in [6, 6.07) is 16.4. The summed E-state index contributed by atoms with van der Waals surface area (Å²) in [5.74, 6) is 0.221. The van der Waals surface area contributed by atoms with Crippen molar-refractivity contribution in [2.45, 2.75) is 6.92 Å². The second-order valence-corrected chi connectivity index (χ2v) is 5.68. The van der Waals surface area contributed by atoms with Gasteiger partial charge in [-0.3, -0.25) is 4.79 Å². The third-order valence-corrected chi connectivity index (χ3v) is 3.51. The van der Waals surface area contributed by atoms with Crippen LogP contribution in [0.5, 0.6) is 0 Å². The molecule has 1 heterocycles. The lowest BCUT2D eigenvalue weighted by molar-refractivity contribution is 0.102. The van der Waals surface area contributed by atoms with Crippen LogP contribution in [0, 0.1) is 6.92 Å². The average molecular weight is 339 g/mol. The molecule has 0 spiro atoms. The molecule has 0 bridgehead atoms. The summed E-state index contributed by atoms with van der Waals surface area (Å²) in [5, 5.41) is 6.47. The number of rotatable bonds is 4. The first kappa shape index (κ1) is 16.0. The Hall–Kier alpha value is -2.92. The molecule has 24 heavy (non-hydrogen) atoms. The fourth-order valence-electron chi connectivity index (χ4n) is 2.18. The highest BCUT2D eigenvalue weighted by Crippen LogP contribution is 2.18. The molecule has 120 valence electrons. The summed E-state index contributed by atoms with van der Waals surface area (Å²) in [6.07, 6.45) is 1.35. The lowest BCUT2D eigenvalue weighted by atomic mass is 10.2. The number of hydrogen-bond donors (Lipinski definition) is 2. The number of benzene rings is 2. The van der Waals surface area contributed by atoms with E-state index in [0.29, 0.717) is 16.5 Å². The first-order valence-electron chi connectivity index (χ1n) is 7.33. The van der Waals surface area contributed by atoms with Gasteiger partial charge in [0.2, 0.25) is 0 Å². The van der Waals surface area contributed by atoms with Gasteiger partial charge in [0, 0.05) is 22.5 Å². The molecule has 0 saturated carbocycles. The third-order valence-electron chi connectivity index (χ3n) is 3.27. The lowest BCUT2D eigenvalue weighted by Crippen LogP contribution is -2.14. The van der Waals surface area contributed by atoms with Crippen LogP contribution in [0.25, 0.3) is 0 Å².